The molecule has 0 aromatic carbocycles. The molecule has 1 nitrogen and oxygen atoms in total. The molecule has 0 saturated carbocycles. The van der Waals surface area contributed by atoms with Crippen LogP contribution in [0.25, 0.3) is 0 Å². The van der Waals surface area contributed by atoms with E-state index in [0.29, 0.717) is 0 Å². The topological polar surface area (TPSA) is 13.1 Å². The molecule has 0 aliphatic carbocycles. The molecule has 0 spiro atoms. The number of thioether (sulfide) groups is 1. The summed E-state index contributed by atoms with van der Waals surface area (Å²) >= 11 is 5.40. The summed E-state index contributed by atoms with van der Waals surface area (Å²) in [6.45, 7) is 2.10. The molecule has 1 heterocycles. The van der Waals surface area contributed by atoms with Gasteiger partial charge in [-0.15, -0.1) is 0 Å². The minimum atomic E-state index is 1.02. The molecule has 0 N–H and O–H groups in total. The van der Waals surface area contributed by atoms with Crippen molar-refractivity contribution in [3.05, 3.63) is 23.7 Å². The second-order valence-electron chi connectivity index (χ2n) is 3.33. The van der Waals surface area contributed by atoms with Crippen molar-refractivity contribution in [3.8, 4) is 0 Å². The normalized spacial score (nSPS) is 10.7. The summed E-state index contributed by atoms with van der Waals surface area (Å²) in [6, 6.07) is 2.03. The predicted octanol–water partition coefficient (Wildman–Crippen LogP) is 4.39. The van der Waals surface area contributed by atoms with Crippen LogP contribution in [-0.2, 0) is 5.75 Å². The van der Waals surface area contributed by atoms with Crippen LogP contribution in [0.15, 0.2) is 16.7 Å². The van der Waals surface area contributed by atoms with Gasteiger partial charge in [0.25, 0.3) is 0 Å². The van der Waals surface area contributed by atoms with Crippen LogP contribution in [0.4, 0.5) is 0 Å². The average molecular weight is 277 g/mol. The van der Waals surface area contributed by atoms with Crippen molar-refractivity contribution in [3.63, 3.8) is 0 Å². The average Bonchev–Trinajstić information content (AvgIpc) is 2.58. The lowest BCUT2D eigenvalue weighted by atomic mass is 10.3. The van der Waals surface area contributed by atoms with E-state index in [2.05, 4.69) is 22.9 Å². The molecule has 1 rings (SSSR count). The summed E-state index contributed by atoms with van der Waals surface area (Å²) in [7, 11) is 0. The molecule has 0 bridgehead atoms. The van der Waals surface area contributed by atoms with E-state index in [4.69, 9.17) is 4.42 Å². The van der Waals surface area contributed by atoms with Gasteiger partial charge < -0.3 is 4.42 Å². The van der Waals surface area contributed by atoms with E-state index in [0.717, 1.165) is 16.8 Å². The number of unbranched alkanes of at least 4 members (excludes halogenated alkanes) is 2. The highest BCUT2D eigenvalue weighted by molar-refractivity contribution is 9.09. The Labute approximate surface area is 98.8 Å². The van der Waals surface area contributed by atoms with Gasteiger partial charge in [-0.2, -0.15) is 11.8 Å². The first-order valence-corrected chi connectivity index (χ1v) is 7.29. The molecule has 14 heavy (non-hydrogen) atoms. The monoisotopic (exact) mass is 276 g/mol. The Bertz CT molecular complexity index is 247. The second kappa shape index (κ2) is 7.41. The summed E-state index contributed by atoms with van der Waals surface area (Å²) < 4.78 is 5.36. The van der Waals surface area contributed by atoms with Gasteiger partial charge in [0, 0.05) is 5.33 Å². The Hall–Kier alpha value is 0.110. The minimum absolute atomic E-state index is 1.02. The van der Waals surface area contributed by atoms with Gasteiger partial charge in [0.15, 0.2) is 0 Å². The van der Waals surface area contributed by atoms with Gasteiger partial charge in [-0.3, -0.25) is 0 Å². The van der Waals surface area contributed by atoms with Gasteiger partial charge in [-0.1, -0.05) is 22.4 Å². The third-order valence-electron chi connectivity index (χ3n) is 2.12. The fourth-order valence-electron chi connectivity index (χ4n) is 1.19. The fraction of sp³-hybridized carbons (Fsp3) is 0.636. The van der Waals surface area contributed by atoms with Crippen LogP contribution < -0.4 is 0 Å². The van der Waals surface area contributed by atoms with E-state index in [1.807, 2.05) is 17.8 Å². The molecule has 80 valence electrons. The Morgan fingerprint density at radius 3 is 2.86 bits per heavy atom. The third-order valence-corrected chi connectivity index (χ3v) is 3.73. The molecule has 0 radical (unpaired) electrons. The highest BCUT2D eigenvalue weighted by atomic mass is 79.9. The maximum atomic E-state index is 5.36. The van der Waals surface area contributed by atoms with Gasteiger partial charge in [0.2, 0.25) is 0 Å². The number of rotatable bonds is 7. The van der Waals surface area contributed by atoms with Gasteiger partial charge in [-0.05, 0) is 37.1 Å². The van der Waals surface area contributed by atoms with Crippen molar-refractivity contribution in [2.75, 3.05) is 11.1 Å². The van der Waals surface area contributed by atoms with E-state index < -0.39 is 0 Å². The number of furan rings is 1. The van der Waals surface area contributed by atoms with Gasteiger partial charge in [0.1, 0.15) is 5.76 Å². The molecule has 0 fully saturated rings. The van der Waals surface area contributed by atoms with Gasteiger partial charge in [-0.25, -0.2) is 0 Å². The van der Waals surface area contributed by atoms with Crippen molar-refractivity contribution < 1.29 is 4.42 Å². The second-order valence-corrected chi connectivity index (χ2v) is 5.23. The van der Waals surface area contributed by atoms with Crippen LogP contribution >= 0.6 is 27.7 Å². The fourth-order valence-corrected chi connectivity index (χ4v) is 2.62. The first-order chi connectivity index (χ1) is 6.84. The Balaban J connectivity index is 2.02. The first kappa shape index (κ1) is 12.2. The van der Waals surface area contributed by atoms with Crippen LogP contribution in [0.1, 0.15) is 30.6 Å². The van der Waals surface area contributed by atoms with E-state index in [-0.39, 0.29) is 0 Å². The van der Waals surface area contributed by atoms with E-state index >= 15 is 0 Å². The zero-order chi connectivity index (χ0) is 10.2. The molecule has 0 atom stereocenters. The number of halogens is 1. The zero-order valence-electron chi connectivity index (χ0n) is 8.59. The molecular weight excluding hydrogens is 260 g/mol. The summed E-state index contributed by atoms with van der Waals surface area (Å²) in [4.78, 5) is 0. The Morgan fingerprint density at radius 2 is 2.21 bits per heavy atom. The summed E-state index contributed by atoms with van der Waals surface area (Å²) in [6.07, 6.45) is 5.71. The molecule has 0 unspecified atom stereocenters. The van der Waals surface area contributed by atoms with E-state index in [1.165, 1.54) is 30.6 Å². The van der Waals surface area contributed by atoms with Crippen molar-refractivity contribution in [1.29, 1.82) is 0 Å². The van der Waals surface area contributed by atoms with Gasteiger partial charge in [0.05, 0.1) is 12.0 Å². The molecular formula is C11H17BrOS. The first-order valence-electron chi connectivity index (χ1n) is 5.01. The van der Waals surface area contributed by atoms with E-state index in [9.17, 15) is 0 Å². The lowest BCUT2D eigenvalue weighted by Crippen LogP contribution is -1.85. The number of alkyl halides is 1. The van der Waals surface area contributed by atoms with Crippen molar-refractivity contribution >= 4 is 27.7 Å². The van der Waals surface area contributed by atoms with Crippen LogP contribution in [0.2, 0.25) is 0 Å². The smallest absolute Gasteiger partial charge is 0.116 e. The molecule has 0 saturated heterocycles. The standard InChI is InChI=1S/C11H17BrOS/c1-10-5-7-13-11(10)9-14-8-4-2-3-6-12/h5,7H,2-4,6,8-9H2,1H3. The maximum absolute atomic E-state index is 5.36. The van der Waals surface area contributed by atoms with Crippen molar-refractivity contribution in [1.82, 2.24) is 0 Å². The highest BCUT2D eigenvalue weighted by Crippen LogP contribution is 2.18. The summed E-state index contributed by atoms with van der Waals surface area (Å²) in [5.41, 5.74) is 1.28. The van der Waals surface area contributed by atoms with Crippen LogP contribution in [0.5, 0.6) is 0 Å². The minimum Gasteiger partial charge on any atom is -0.468 e. The van der Waals surface area contributed by atoms with Gasteiger partial charge >= 0.3 is 0 Å². The SMILES string of the molecule is Cc1ccoc1CSCCCCCBr. The van der Waals surface area contributed by atoms with Crippen LogP contribution in [0, 0.1) is 6.92 Å². The predicted molar refractivity (Wildman–Crippen MR) is 67.3 cm³/mol. The van der Waals surface area contributed by atoms with Crippen molar-refractivity contribution in [2.24, 2.45) is 0 Å². The third kappa shape index (κ3) is 4.56. The molecule has 3 heteroatoms. The highest BCUT2D eigenvalue weighted by Gasteiger charge is 2.00. The van der Waals surface area contributed by atoms with Crippen LogP contribution in [-0.4, -0.2) is 11.1 Å². The largest absolute Gasteiger partial charge is 0.468 e. The number of aryl methyl sites for hydroxylation is 1. The number of hydrogen-bond acceptors (Lipinski definition) is 2. The van der Waals surface area contributed by atoms with E-state index in [1.54, 1.807) is 6.26 Å². The maximum Gasteiger partial charge on any atom is 0.116 e. The summed E-state index contributed by atoms with van der Waals surface area (Å²) in [5.74, 6) is 3.40. The quantitative estimate of drug-likeness (QED) is 0.541. The summed E-state index contributed by atoms with van der Waals surface area (Å²) in [5, 5.41) is 1.13. The number of hydrogen-bond donors (Lipinski definition) is 0. The van der Waals surface area contributed by atoms with Crippen LogP contribution in [0.3, 0.4) is 0 Å². The Kier molecular flexibility index (Phi) is 6.45. The Morgan fingerprint density at radius 1 is 1.36 bits per heavy atom. The molecule has 0 amide bonds. The van der Waals surface area contributed by atoms with Crippen molar-refractivity contribution in [2.45, 2.75) is 31.9 Å². The molecule has 1 aromatic heterocycles. The zero-order valence-corrected chi connectivity index (χ0v) is 11.0. The lowest BCUT2D eigenvalue weighted by Gasteiger charge is -1.99. The lowest BCUT2D eigenvalue weighted by molar-refractivity contribution is 0.528. The molecule has 0 aliphatic rings. The molecule has 1 aromatic rings. The molecule has 0 aliphatic heterocycles.